The van der Waals surface area contributed by atoms with Crippen molar-refractivity contribution >= 4 is 5.69 Å². The molecule has 3 N–H and O–H groups in total. The van der Waals surface area contributed by atoms with Crippen LogP contribution < -0.4 is 5.73 Å². The molecule has 0 spiro atoms. The van der Waals surface area contributed by atoms with Crippen molar-refractivity contribution < 1.29 is 18.3 Å². The lowest BCUT2D eigenvalue weighted by molar-refractivity contribution is -0.137. The van der Waals surface area contributed by atoms with E-state index in [9.17, 15) is 18.3 Å². The summed E-state index contributed by atoms with van der Waals surface area (Å²) in [7, 11) is 0. The summed E-state index contributed by atoms with van der Waals surface area (Å²) >= 11 is 0. The van der Waals surface area contributed by atoms with Gasteiger partial charge in [0.15, 0.2) is 0 Å². The zero-order valence-electron chi connectivity index (χ0n) is 9.39. The Morgan fingerprint density at radius 1 is 1.18 bits per heavy atom. The monoisotopic (exact) mass is 243 g/mol. The minimum atomic E-state index is -4.46. The van der Waals surface area contributed by atoms with Crippen molar-refractivity contribution in [3.8, 4) is 11.8 Å². The van der Waals surface area contributed by atoms with E-state index in [0.29, 0.717) is 0 Å². The van der Waals surface area contributed by atoms with E-state index >= 15 is 0 Å². The minimum Gasteiger partial charge on any atom is -0.399 e. The fourth-order valence-corrected chi connectivity index (χ4v) is 1.11. The molecule has 5 heteroatoms. The number of rotatable bonds is 0. The highest BCUT2D eigenvalue weighted by atomic mass is 19.4. The van der Waals surface area contributed by atoms with Crippen LogP contribution in [0.4, 0.5) is 18.9 Å². The topological polar surface area (TPSA) is 46.2 Å². The van der Waals surface area contributed by atoms with Crippen LogP contribution in [-0.2, 0) is 6.18 Å². The van der Waals surface area contributed by atoms with E-state index in [0.717, 1.165) is 12.1 Å². The van der Waals surface area contributed by atoms with Crippen molar-refractivity contribution in [2.45, 2.75) is 25.6 Å². The molecule has 0 aliphatic carbocycles. The maximum absolute atomic E-state index is 12.5. The number of nitrogens with two attached hydrogens (primary N) is 1. The summed E-state index contributed by atoms with van der Waals surface area (Å²) in [6.45, 7) is 2.88. The van der Waals surface area contributed by atoms with Crippen molar-refractivity contribution in [1.29, 1.82) is 0 Å². The Kier molecular flexibility index (Phi) is 3.39. The lowest BCUT2D eigenvalue weighted by Gasteiger charge is -2.09. The third-order valence-corrected chi connectivity index (χ3v) is 1.80. The molecule has 0 saturated carbocycles. The number of nitrogen functional groups attached to an aromatic ring is 1. The van der Waals surface area contributed by atoms with Gasteiger partial charge in [0.1, 0.15) is 5.60 Å². The number of halogens is 3. The normalized spacial score (nSPS) is 11.9. The second-order valence-corrected chi connectivity index (χ2v) is 4.15. The highest BCUT2D eigenvalue weighted by Gasteiger charge is 2.30. The number of anilines is 1. The van der Waals surface area contributed by atoms with Gasteiger partial charge in [0, 0.05) is 11.3 Å². The van der Waals surface area contributed by atoms with Crippen LogP contribution in [-0.4, -0.2) is 10.7 Å². The van der Waals surface area contributed by atoms with E-state index in [1.54, 1.807) is 0 Å². The predicted molar refractivity (Wildman–Crippen MR) is 59.0 cm³/mol. The van der Waals surface area contributed by atoms with E-state index in [4.69, 9.17) is 5.73 Å². The molecule has 17 heavy (non-hydrogen) atoms. The summed E-state index contributed by atoms with van der Waals surface area (Å²) in [4.78, 5) is 0. The third kappa shape index (κ3) is 4.37. The lowest BCUT2D eigenvalue weighted by Crippen LogP contribution is -2.14. The zero-order valence-corrected chi connectivity index (χ0v) is 9.39. The summed E-state index contributed by atoms with van der Waals surface area (Å²) in [6, 6.07) is 3.07. The van der Waals surface area contributed by atoms with Gasteiger partial charge in [0.2, 0.25) is 0 Å². The van der Waals surface area contributed by atoms with Gasteiger partial charge in [-0.3, -0.25) is 0 Å². The maximum atomic E-state index is 12.5. The molecule has 0 aliphatic heterocycles. The number of aliphatic hydroxyl groups is 1. The molecule has 0 aliphatic rings. The number of hydrogen-bond donors (Lipinski definition) is 2. The first-order chi connectivity index (χ1) is 7.58. The van der Waals surface area contributed by atoms with Gasteiger partial charge in [-0.25, -0.2) is 0 Å². The second kappa shape index (κ2) is 4.30. The molecule has 1 aromatic rings. The summed E-state index contributed by atoms with van der Waals surface area (Å²) in [5.41, 5.74) is 3.37. The Balaban J connectivity index is 3.18. The molecule has 0 atom stereocenters. The van der Waals surface area contributed by atoms with Gasteiger partial charge >= 0.3 is 6.18 Å². The van der Waals surface area contributed by atoms with Crippen LogP contribution in [0.25, 0.3) is 0 Å². The minimum absolute atomic E-state index is 0.0140. The van der Waals surface area contributed by atoms with Gasteiger partial charge in [0.05, 0.1) is 5.56 Å². The first-order valence-electron chi connectivity index (χ1n) is 4.81. The summed E-state index contributed by atoms with van der Waals surface area (Å²) in [6.07, 6.45) is -4.46. The van der Waals surface area contributed by atoms with Crippen LogP contribution >= 0.6 is 0 Å². The Morgan fingerprint density at radius 3 is 2.24 bits per heavy atom. The van der Waals surface area contributed by atoms with Crippen molar-refractivity contribution in [2.75, 3.05) is 5.73 Å². The fraction of sp³-hybridized carbons (Fsp3) is 0.333. The van der Waals surface area contributed by atoms with Gasteiger partial charge in [-0.15, -0.1) is 0 Å². The number of alkyl halides is 3. The van der Waals surface area contributed by atoms with E-state index in [1.165, 1.54) is 19.9 Å². The molecule has 0 unspecified atom stereocenters. The number of benzene rings is 1. The van der Waals surface area contributed by atoms with E-state index in [2.05, 4.69) is 11.8 Å². The summed E-state index contributed by atoms with van der Waals surface area (Å²) in [5.74, 6) is 4.88. The van der Waals surface area contributed by atoms with Gasteiger partial charge < -0.3 is 10.8 Å². The highest BCUT2D eigenvalue weighted by molar-refractivity contribution is 5.51. The highest BCUT2D eigenvalue weighted by Crippen LogP contribution is 2.31. The summed E-state index contributed by atoms with van der Waals surface area (Å²) < 4.78 is 37.4. The van der Waals surface area contributed by atoms with Crippen LogP contribution in [0.15, 0.2) is 18.2 Å². The van der Waals surface area contributed by atoms with Crippen molar-refractivity contribution in [1.82, 2.24) is 0 Å². The van der Waals surface area contributed by atoms with Crippen LogP contribution in [0.5, 0.6) is 0 Å². The number of hydrogen-bond acceptors (Lipinski definition) is 2. The molecule has 0 saturated heterocycles. The van der Waals surface area contributed by atoms with Crippen LogP contribution in [0, 0.1) is 11.8 Å². The van der Waals surface area contributed by atoms with E-state index < -0.39 is 17.3 Å². The van der Waals surface area contributed by atoms with Gasteiger partial charge in [0.25, 0.3) is 0 Å². The SMILES string of the molecule is CC(C)(O)C#Cc1cc(N)cc(C(F)(F)F)c1. The standard InChI is InChI=1S/C12H12F3NO/c1-11(2,17)4-3-8-5-9(12(13,14)15)7-10(16)6-8/h5-7,17H,16H2,1-2H3. The molecule has 2 nitrogen and oxygen atoms in total. The van der Waals surface area contributed by atoms with Crippen molar-refractivity contribution in [3.05, 3.63) is 29.3 Å². The quantitative estimate of drug-likeness (QED) is 0.543. The Morgan fingerprint density at radius 2 is 1.76 bits per heavy atom. The largest absolute Gasteiger partial charge is 0.416 e. The molecule has 0 bridgehead atoms. The summed E-state index contributed by atoms with van der Waals surface area (Å²) in [5, 5.41) is 9.35. The molecule has 0 amide bonds. The zero-order chi connectivity index (χ0) is 13.3. The average Bonchev–Trinajstić information content (AvgIpc) is 2.11. The first-order valence-corrected chi connectivity index (χ1v) is 4.81. The first kappa shape index (κ1) is 13.4. The fourth-order valence-electron chi connectivity index (χ4n) is 1.11. The lowest BCUT2D eigenvalue weighted by atomic mass is 10.1. The Labute approximate surface area is 97.3 Å². The van der Waals surface area contributed by atoms with Crippen LogP contribution in [0.3, 0.4) is 0 Å². The third-order valence-electron chi connectivity index (χ3n) is 1.80. The molecule has 92 valence electrons. The maximum Gasteiger partial charge on any atom is 0.416 e. The van der Waals surface area contributed by atoms with E-state index in [1.807, 2.05) is 0 Å². The average molecular weight is 243 g/mol. The van der Waals surface area contributed by atoms with Gasteiger partial charge in [-0.2, -0.15) is 13.2 Å². The van der Waals surface area contributed by atoms with Gasteiger partial charge in [-0.1, -0.05) is 11.8 Å². The second-order valence-electron chi connectivity index (χ2n) is 4.15. The van der Waals surface area contributed by atoms with Crippen molar-refractivity contribution in [3.63, 3.8) is 0 Å². The van der Waals surface area contributed by atoms with Gasteiger partial charge in [-0.05, 0) is 32.0 Å². The molecular weight excluding hydrogens is 231 g/mol. The van der Waals surface area contributed by atoms with Crippen LogP contribution in [0.1, 0.15) is 25.0 Å². The smallest absolute Gasteiger partial charge is 0.399 e. The van der Waals surface area contributed by atoms with E-state index in [-0.39, 0.29) is 11.3 Å². The Bertz CT molecular complexity index is 475. The molecule has 1 rings (SSSR count). The molecular formula is C12H12F3NO. The molecule has 0 aromatic heterocycles. The Hall–Kier alpha value is -1.67. The van der Waals surface area contributed by atoms with Crippen molar-refractivity contribution in [2.24, 2.45) is 0 Å². The van der Waals surface area contributed by atoms with Crippen LogP contribution in [0.2, 0.25) is 0 Å². The predicted octanol–water partition coefficient (Wildman–Crippen LogP) is 2.41. The molecule has 0 radical (unpaired) electrons. The molecule has 0 fully saturated rings. The molecule has 1 aromatic carbocycles. The molecule has 0 heterocycles.